The summed E-state index contributed by atoms with van der Waals surface area (Å²) in [5, 5.41) is 0. The van der Waals surface area contributed by atoms with Crippen molar-refractivity contribution in [2.45, 2.75) is 13.0 Å². The van der Waals surface area contributed by atoms with Crippen LogP contribution in [0.4, 0.5) is 10.5 Å². The molecule has 1 aliphatic rings. The average molecular weight is 311 g/mol. The molecule has 1 atom stereocenters. The number of nitrogens with zero attached hydrogens (tertiary/aromatic N) is 3. The van der Waals surface area contributed by atoms with Gasteiger partial charge in [-0.3, -0.25) is 19.4 Å². The number of aromatic nitrogens is 1. The Balaban J connectivity index is 1.84. The first-order valence-corrected chi connectivity index (χ1v) is 7.35. The molecule has 3 amide bonds. The third-order valence-electron chi connectivity index (χ3n) is 4.01. The molecule has 1 aromatic carbocycles. The number of amides is 3. The van der Waals surface area contributed by atoms with Gasteiger partial charge >= 0.3 is 6.03 Å². The lowest BCUT2D eigenvalue weighted by Crippen LogP contribution is -2.37. The maximum atomic E-state index is 12.6. The van der Waals surface area contributed by atoms with Crippen LogP contribution in [0.1, 0.15) is 17.4 Å². The molecule has 0 radical (unpaired) electrons. The van der Waals surface area contributed by atoms with Crippen LogP contribution < -0.4 is 4.90 Å². The highest BCUT2D eigenvalue weighted by molar-refractivity contribution is 6.16. The second-order valence-electron chi connectivity index (χ2n) is 5.52. The molecule has 0 saturated carbocycles. The molecule has 0 N–H and O–H groups in total. The summed E-state index contributed by atoms with van der Waals surface area (Å²) in [6, 6.07) is 11.3. The number of para-hydroxylation sites is 1. The summed E-state index contributed by atoms with van der Waals surface area (Å²) in [4.78, 5) is 39.8. The van der Waals surface area contributed by atoms with Gasteiger partial charge in [0.1, 0.15) is 6.04 Å². The molecule has 0 bridgehead atoms. The lowest BCUT2D eigenvalue weighted by atomic mass is 10.2. The molecular formula is C17H17N3O3. The molecule has 23 heavy (non-hydrogen) atoms. The zero-order chi connectivity index (χ0) is 16.6. The number of imide groups is 1. The summed E-state index contributed by atoms with van der Waals surface area (Å²) in [5.41, 5.74) is 1.11. The summed E-state index contributed by atoms with van der Waals surface area (Å²) < 4.78 is 1.67. The first-order chi connectivity index (χ1) is 11.0. The van der Waals surface area contributed by atoms with Crippen molar-refractivity contribution in [3.63, 3.8) is 0 Å². The van der Waals surface area contributed by atoms with Crippen molar-refractivity contribution in [2.24, 2.45) is 7.05 Å². The van der Waals surface area contributed by atoms with Crippen LogP contribution in [0, 0.1) is 0 Å². The number of ketones is 1. The number of Topliss-reactive ketones (excluding diaryl/α,β-unsaturated/α-hetero) is 1. The van der Waals surface area contributed by atoms with Gasteiger partial charge < -0.3 is 4.57 Å². The van der Waals surface area contributed by atoms with Crippen LogP contribution in [0.2, 0.25) is 0 Å². The summed E-state index contributed by atoms with van der Waals surface area (Å²) >= 11 is 0. The number of hydrogen-bond acceptors (Lipinski definition) is 3. The third-order valence-corrected chi connectivity index (χ3v) is 4.01. The molecule has 6 nitrogen and oxygen atoms in total. The molecule has 3 rings (SSSR count). The summed E-state index contributed by atoms with van der Waals surface area (Å²) in [6.45, 7) is 1.42. The molecule has 1 aromatic heterocycles. The van der Waals surface area contributed by atoms with E-state index < -0.39 is 12.1 Å². The summed E-state index contributed by atoms with van der Waals surface area (Å²) in [5.74, 6) is -0.622. The zero-order valence-corrected chi connectivity index (χ0v) is 13.0. The second kappa shape index (κ2) is 5.72. The van der Waals surface area contributed by atoms with Gasteiger partial charge in [-0.2, -0.15) is 0 Å². The minimum Gasteiger partial charge on any atom is -0.348 e. The number of rotatable bonds is 4. The quantitative estimate of drug-likeness (QED) is 0.641. The number of benzene rings is 1. The highest BCUT2D eigenvalue weighted by atomic mass is 16.2. The largest absolute Gasteiger partial charge is 0.348 e. The lowest BCUT2D eigenvalue weighted by Gasteiger charge is -2.19. The Morgan fingerprint density at radius 3 is 2.39 bits per heavy atom. The van der Waals surface area contributed by atoms with Gasteiger partial charge in [0.15, 0.2) is 5.78 Å². The Morgan fingerprint density at radius 1 is 1.09 bits per heavy atom. The Kier molecular flexibility index (Phi) is 3.73. The fourth-order valence-electron chi connectivity index (χ4n) is 2.77. The monoisotopic (exact) mass is 311 g/mol. The molecule has 2 aromatic rings. The van der Waals surface area contributed by atoms with E-state index in [1.165, 1.54) is 4.90 Å². The van der Waals surface area contributed by atoms with E-state index in [2.05, 4.69) is 0 Å². The Hall–Kier alpha value is -2.89. The molecule has 2 heterocycles. The van der Waals surface area contributed by atoms with E-state index in [-0.39, 0.29) is 18.2 Å². The van der Waals surface area contributed by atoms with E-state index in [0.717, 1.165) is 4.90 Å². The van der Waals surface area contributed by atoms with Crippen molar-refractivity contribution in [2.75, 3.05) is 11.4 Å². The number of hydrogen-bond donors (Lipinski definition) is 0. The van der Waals surface area contributed by atoms with Crippen LogP contribution in [0.25, 0.3) is 0 Å². The van der Waals surface area contributed by atoms with Crippen LogP contribution >= 0.6 is 0 Å². The molecule has 0 aliphatic carbocycles. The maximum absolute atomic E-state index is 12.6. The number of anilines is 1. The smallest absolute Gasteiger partial charge is 0.332 e. The highest BCUT2D eigenvalue weighted by Gasteiger charge is 2.44. The minimum atomic E-state index is -0.619. The number of carbonyl (C=O) groups excluding carboxylic acids is 3. The van der Waals surface area contributed by atoms with Crippen LogP contribution in [0.5, 0.6) is 0 Å². The van der Waals surface area contributed by atoms with Crippen LogP contribution in [-0.4, -0.2) is 39.8 Å². The van der Waals surface area contributed by atoms with E-state index in [1.807, 2.05) is 6.07 Å². The molecule has 1 fully saturated rings. The van der Waals surface area contributed by atoms with E-state index >= 15 is 0 Å². The number of urea groups is 1. The first-order valence-electron chi connectivity index (χ1n) is 7.35. The molecule has 118 valence electrons. The van der Waals surface area contributed by atoms with E-state index in [4.69, 9.17) is 0 Å². The fraction of sp³-hybridized carbons (Fsp3) is 0.235. The maximum Gasteiger partial charge on any atom is 0.332 e. The molecule has 1 saturated heterocycles. The topological polar surface area (TPSA) is 62.6 Å². The van der Waals surface area contributed by atoms with Crippen molar-refractivity contribution < 1.29 is 14.4 Å². The Bertz CT molecular complexity index is 766. The van der Waals surface area contributed by atoms with Gasteiger partial charge in [-0.15, -0.1) is 0 Å². The molecule has 1 aliphatic heterocycles. The summed E-state index contributed by atoms with van der Waals surface area (Å²) in [6.07, 6.45) is 1.75. The molecule has 0 unspecified atom stereocenters. The minimum absolute atomic E-state index is 0.247. The number of aryl methyl sites for hydroxylation is 1. The zero-order valence-electron chi connectivity index (χ0n) is 13.0. The lowest BCUT2D eigenvalue weighted by molar-refractivity contribution is -0.126. The van der Waals surface area contributed by atoms with Crippen molar-refractivity contribution in [1.29, 1.82) is 0 Å². The fourth-order valence-corrected chi connectivity index (χ4v) is 2.77. The Morgan fingerprint density at radius 2 is 1.78 bits per heavy atom. The highest BCUT2D eigenvalue weighted by Crippen LogP contribution is 2.25. The van der Waals surface area contributed by atoms with Crippen LogP contribution in [0.15, 0.2) is 48.7 Å². The van der Waals surface area contributed by atoms with Crippen LogP contribution in [0.3, 0.4) is 0 Å². The SMILES string of the molecule is C[C@@H]1C(=O)N(CC(=O)c2cccn2C)C(=O)N1c1ccccc1. The van der Waals surface area contributed by atoms with Gasteiger partial charge in [-0.25, -0.2) is 4.79 Å². The third kappa shape index (κ3) is 2.52. The molecule has 0 spiro atoms. The van der Waals surface area contributed by atoms with Crippen molar-refractivity contribution >= 4 is 23.4 Å². The number of carbonyl (C=O) groups is 3. The van der Waals surface area contributed by atoms with Crippen molar-refractivity contribution in [1.82, 2.24) is 9.47 Å². The standard InChI is InChI=1S/C17H17N3O3/c1-12-16(22)19(11-15(21)14-9-6-10-18(14)2)17(23)20(12)13-7-4-3-5-8-13/h3-10,12H,11H2,1-2H3/t12-/m1/s1. The van der Waals surface area contributed by atoms with E-state index in [1.54, 1.807) is 61.1 Å². The molecular weight excluding hydrogens is 294 g/mol. The van der Waals surface area contributed by atoms with E-state index in [0.29, 0.717) is 11.4 Å². The first kappa shape index (κ1) is 15.0. The van der Waals surface area contributed by atoms with E-state index in [9.17, 15) is 14.4 Å². The van der Waals surface area contributed by atoms with Gasteiger partial charge in [0.25, 0.3) is 5.91 Å². The van der Waals surface area contributed by atoms with Gasteiger partial charge in [0, 0.05) is 18.9 Å². The normalized spacial score (nSPS) is 17.9. The van der Waals surface area contributed by atoms with Crippen LogP contribution in [-0.2, 0) is 11.8 Å². The molecule has 6 heteroatoms. The Labute approximate surface area is 133 Å². The van der Waals surface area contributed by atoms with Crippen molar-refractivity contribution in [3.05, 3.63) is 54.4 Å². The predicted octanol–water partition coefficient (Wildman–Crippen LogP) is 2.07. The van der Waals surface area contributed by atoms with Gasteiger partial charge in [-0.1, -0.05) is 18.2 Å². The van der Waals surface area contributed by atoms with Gasteiger partial charge in [-0.05, 0) is 31.2 Å². The average Bonchev–Trinajstić information content (AvgIpc) is 3.06. The van der Waals surface area contributed by atoms with Crippen molar-refractivity contribution in [3.8, 4) is 0 Å². The second-order valence-corrected chi connectivity index (χ2v) is 5.52. The predicted molar refractivity (Wildman–Crippen MR) is 85.2 cm³/mol. The van der Waals surface area contributed by atoms with Gasteiger partial charge in [0.2, 0.25) is 0 Å². The van der Waals surface area contributed by atoms with Gasteiger partial charge in [0.05, 0.1) is 12.2 Å². The summed E-state index contributed by atoms with van der Waals surface area (Å²) in [7, 11) is 1.75.